The highest BCUT2D eigenvalue weighted by Crippen LogP contribution is 2.36. The van der Waals surface area contributed by atoms with Crippen LogP contribution in [-0.2, 0) is 19.2 Å². The minimum atomic E-state index is -0.825. The molecule has 2 fully saturated rings. The summed E-state index contributed by atoms with van der Waals surface area (Å²) in [5.74, 6) is -3.33. The molecule has 3 aromatic carbocycles. The fourth-order valence-electron chi connectivity index (χ4n) is 10.4. The van der Waals surface area contributed by atoms with Crippen LogP contribution in [0, 0.1) is 17.6 Å². The van der Waals surface area contributed by atoms with E-state index < -0.39 is 35.7 Å². The van der Waals surface area contributed by atoms with Crippen LogP contribution < -0.4 is 21.3 Å². The molecular formula is C62H72F2N8O8. The number of nitrogens with one attached hydrogen (secondary N) is 4. The first-order valence-electron chi connectivity index (χ1n) is 27.8. The average Bonchev–Trinajstić information content (AvgIpc) is 4.19. The Morgan fingerprint density at radius 1 is 0.575 bits per heavy atom. The Bertz CT molecular complexity index is 2790. The highest BCUT2D eigenvalue weighted by Gasteiger charge is 2.37. The van der Waals surface area contributed by atoms with E-state index in [1.54, 1.807) is 86.5 Å². The van der Waals surface area contributed by atoms with Crippen LogP contribution in [0.15, 0.2) is 110 Å². The number of rotatable bonds is 28. The number of halogens is 2. The van der Waals surface area contributed by atoms with Gasteiger partial charge in [0.2, 0.25) is 17.7 Å². The van der Waals surface area contributed by atoms with Crippen LogP contribution >= 0.6 is 0 Å². The molecule has 0 aliphatic carbocycles. The molecule has 4 heterocycles. The van der Waals surface area contributed by atoms with E-state index in [2.05, 4.69) is 31.2 Å². The smallest absolute Gasteiger partial charge is 0.251 e. The summed E-state index contributed by atoms with van der Waals surface area (Å²) in [6.07, 6.45) is 12.8. The van der Waals surface area contributed by atoms with Crippen molar-refractivity contribution in [1.29, 1.82) is 0 Å². The second kappa shape index (κ2) is 29.0. The first-order chi connectivity index (χ1) is 38.6. The zero-order valence-electron chi connectivity index (χ0n) is 46.0. The lowest BCUT2D eigenvalue weighted by molar-refractivity contribution is -0.139. The van der Waals surface area contributed by atoms with Crippen LogP contribution in [0.1, 0.15) is 173 Å². The summed E-state index contributed by atoms with van der Waals surface area (Å²) in [7, 11) is 3.36. The molecule has 5 aromatic rings. The van der Waals surface area contributed by atoms with Crippen molar-refractivity contribution in [3.05, 3.63) is 166 Å². The van der Waals surface area contributed by atoms with Crippen LogP contribution in [0.5, 0.6) is 0 Å². The minimum Gasteiger partial charge on any atom is -0.352 e. The predicted molar refractivity (Wildman–Crippen MR) is 298 cm³/mol. The van der Waals surface area contributed by atoms with Crippen molar-refractivity contribution in [2.24, 2.45) is 5.92 Å². The number of ketones is 4. The van der Waals surface area contributed by atoms with Gasteiger partial charge in [0.1, 0.15) is 23.5 Å². The Labute approximate surface area is 466 Å². The van der Waals surface area contributed by atoms with Crippen molar-refractivity contribution >= 4 is 46.8 Å². The lowest BCUT2D eigenvalue weighted by atomic mass is 9.91. The molecule has 4 N–H and O–H groups in total. The Balaban J connectivity index is 0.870. The zero-order valence-corrected chi connectivity index (χ0v) is 46.0. The lowest BCUT2D eigenvalue weighted by Crippen LogP contribution is -2.52. The van der Waals surface area contributed by atoms with Crippen molar-refractivity contribution < 1.29 is 47.1 Å². The van der Waals surface area contributed by atoms with E-state index in [1.165, 1.54) is 60.9 Å². The van der Waals surface area contributed by atoms with Gasteiger partial charge in [-0.15, -0.1) is 0 Å². The van der Waals surface area contributed by atoms with Gasteiger partial charge >= 0.3 is 0 Å². The maximum Gasteiger partial charge on any atom is 0.251 e. The first kappa shape index (κ1) is 60.0. The monoisotopic (exact) mass is 1090 g/mol. The molecule has 0 unspecified atom stereocenters. The molecule has 6 atom stereocenters. The van der Waals surface area contributed by atoms with Gasteiger partial charge in [-0.25, -0.2) is 8.78 Å². The number of carbonyl (C=O) groups is 8. The number of pyridine rings is 2. The lowest BCUT2D eigenvalue weighted by Gasteiger charge is -2.30. The van der Waals surface area contributed by atoms with E-state index in [0.717, 1.165) is 12.8 Å². The summed E-state index contributed by atoms with van der Waals surface area (Å²) in [4.78, 5) is 120. The SMILES string of the molecule is CN[C@@H](C)C(=O)C[C@@H](CCCCNC(=O)c1ccc(C(=O)CCCCC[C@H](NC(=O)[C@H](C)NC)C(=O)N2CCC[C@H]2c2cncc(C(=O)c3ccc(F)cc3)c2)cc1)C(=O)N1CCC[C@H]1c1cncc(C(=O)c2ccc(F)cc2)c1. The van der Waals surface area contributed by atoms with Gasteiger partial charge < -0.3 is 31.1 Å². The number of unbranched alkanes of at least 4 members (excludes halogenated alkanes) is 3. The van der Waals surface area contributed by atoms with E-state index in [0.29, 0.717) is 122 Å². The van der Waals surface area contributed by atoms with E-state index in [1.807, 2.05) is 0 Å². The molecule has 2 saturated heterocycles. The molecular weight excluding hydrogens is 1020 g/mol. The summed E-state index contributed by atoms with van der Waals surface area (Å²) in [6, 6.07) is 18.0. The van der Waals surface area contributed by atoms with Crippen LogP contribution in [0.3, 0.4) is 0 Å². The summed E-state index contributed by atoms with van der Waals surface area (Å²) in [6.45, 7) is 4.74. The molecule has 7 rings (SSSR count). The summed E-state index contributed by atoms with van der Waals surface area (Å²) in [5, 5.41) is 11.8. The quantitative estimate of drug-likeness (QED) is 0.0275. The van der Waals surface area contributed by atoms with Crippen molar-refractivity contribution in [3.8, 4) is 0 Å². The number of carbonyl (C=O) groups excluding carboxylic acids is 8. The van der Waals surface area contributed by atoms with Crippen LogP contribution in [0.2, 0.25) is 0 Å². The van der Waals surface area contributed by atoms with Crippen LogP contribution in [-0.4, -0.2) is 118 Å². The van der Waals surface area contributed by atoms with Gasteiger partial charge in [0, 0.05) is 96.6 Å². The predicted octanol–water partition coefficient (Wildman–Crippen LogP) is 8.25. The van der Waals surface area contributed by atoms with Gasteiger partial charge in [0.15, 0.2) is 17.3 Å². The molecule has 2 aliphatic heterocycles. The van der Waals surface area contributed by atoms with Gasteiger partial charge in [0.05, 0.1) is 24.2 Å². The molecule has 0 saturated carbocycles. The maximum absolute atomic E-state index is 14.3. The summed E-state index contributed by atoms with van der Waals surface area (Å²) >= 11 is 0. The number of hydrogen-bond donors (Lipinski definition) is 4. The fraction of sp³-hybridized carbons (Fsp3) is 0.419. The number of hydrogen-bond acceptors (Lipinski definition) is 12. The van der Waals surface area contributed by atoms with Gasteiger partial charge in [-0.1, -0.05) is 31.4 Å². The van der Waals surface area contributed by atoms with E-state index in [-0.39, 0.29) is 71.7 Å². The Hall–Kier alpha value is -7.70. The van der Waals surface area contributed by atoms with Gasteiger partial charge in [-0.05, 0) is 163 Å². The fourth-order valence-corrected chi connectivity index (χ4v) is 10.4. The zero-order chi connectivity index (χ0) is 57.3. The Morgan fingerprint density at radius 2 is 1.07 bits per heavy atom. The molecule has 2 aromatic heterocycles. The van der Waals surface area contributed by atoms with E-state index in [9.17, 15) is 47.1 Å². The molecule has 0 bridgehead atoms. The average molecular weight is 1100 g/mol. The van der Waals surface area contributed by atoms with Crippen molar-refractivity contribution in [2.45, 2.75) is 128 Å². The topological polar surface area (TPSA) is 217 Å². The van der Waals surface area contributed by atoms with Crippen LogP contribution in [0.25, 0.3) is 0 Å². The Morgan fingerprint density at radius 3 is 1.61 bits per heavy atom. The van der Waals surface area contributed by atoms with Gasteiger partial charge in [-0.2, -0.15) is 0 Å². The number of likely N-dealkylation sites (N-methyl/N-ethyl adjacent to an activating group) is 2. The van der Waals surface area contributed by atoms with E-state index in [4.69, 9.17) is 0 Å². The first-order valence-corrected chi connectivity index (χ1v) is 27.8. The van der Waals surface area contributed by atoms with E-state index >= 15 is 0 Å². The largest absolute Gasteiger partial charge is 0.352 e. The third-order valence-electron chi connectivity index (χ3n) is 15.4. The number of nitrogens with zero attached hydrogens (tertiary/aromatic N) is 4. The number of Topliss-reactive ketones (excluding diaryl/α,β-unsaturated/α-hetero) is 2. The van der Waals surface area contributed by atoms with Crippen LogP contribution in [0.4, 0.5) is 8.78 Å². The number of benzene rings is 3. The maximum atomic E-state index is 14.3. The molecule has 422 valence electrons. The third kappa shape index (κ3) is 15.8. The number of amides is 4. The molecule has 0 spiro atoms. The third-order valence-corrected chi connectivity index (χ3v) is 15.4. The van der Waals surface area contributed by atoms with Crippen molar-refractivity contribution in [2.75, 3.05) is 33.7 Å². The molecule has 16 nitrogen and oxygen atoms in total. The standard InChI is InChI=1S/C62H72F2N8O8/c1-39(65-3)56(74)34-45(61(79)71-30-10-14-53(71)46-32-48(37-67-35-46)57(75)42-21-25-50(63)26-22-42)12-8-9-29-69-60(78)44-19-17-41(18-20-44)55(73)16-7-5-6-13-52(70-59(77)40(2)66-4)62(80)72-31-11-15-54(72)47-33-49(38-68-36-47)58(76)43-23-27-51(64)28-24-43/h17-28,32-33,35-40,45,52-54,65-66H,5-16,29-31,34H2,1-4H3,(H,69,78)(H,70,77)/t39-,40-,45+,52-,53-,54-/m0/s1. The molecule has 2 aliphatic rings. The van der Waals surface area contributed by atoms with Crippen molar-refractivity contribution in [3.63, 3.8) is 0 Å². The second-order valence-electron chi connectivity index (χ2n) is 20.9. The summed E-state index contributed by atoms with van der Waals surface area (Å²) < 4.78 is 27.1. The normalized spacial score (nSPS) is 16.6. The van der Waals surface area contributed by atoms with Gasteiger partial charge in [0.25, 0.3) is 5.91 Å². The van der Waals surface area contributed by atoms with Crippen molar-refractivity contribution in [1.82, 2.24) is 41.0 Å². The minimum absolute atomic E-state index is 0.0463. The highest BCUT2D eigenvalue weighted by molar-refractivity contribution is 6.09. The molecule has 18 heteroatoms. The molecule has 0 radical (unpaired) electrons. The number of likely N-dealkylation sites (tertiary alicyclic amines) is 2. The molecule has 80 heavy (non-hydrogen) atoms. The Kier molecular flexibility index (Phi) is 21.7. The second-order valence-corrected chi connectivity index (χ2v) is 20.9. The van der Waals surface area contributed by atoms with Gasteiger partial charge in [-0.3, -0.25) is 48.3 Å². The number of aromatic nitrogens is 2. The highest BCUT2D eigenvalue weighted by atomic mass is 19.1. The molecule has 4 amide bonds. The summed E-state index contributed by atoms with van der Waals surface area (Å²) in [5.41, 5.74) is 3.53.